The molecule has 5 heteroatoms. The lowest BCUT2D eigenvalue weighted by atomic mass is 10.1. The number of hydrogen-bond acceptors (Lipinski definition) is 3. The molecule has 0 unspecified atom stereocenters. The molecule has 0 spiro atoms. The molecule has 1 N–H and O–H groups in total. The summed E-state index contributed by atoms with van der Waals surface area (Å²) in [7, 11) is 0. The fourth-order valence-electron chi connectivity index (χ4n) is 2.89. The predicted molar refractivity (Wildman–Crippen MR) is 94.1 cm³/mol. The lowest BCUT2D eigenvalue weighted by Gasteiger charge is -1.99. The van der Waals surface area contributed by atoms with E-state index < -0.39 is 0 Å². The standard InChI is InChI=1S/C19H16N4O/c1-2-3-10-23-12-14(13-6-4-5-7-17(13)23)18(24)19-21-15-8-9-20-11-16(15)22-19/h2-9,11-12H,10H2,1H3,(H,21,22)/b3-2+. The number of imidazole rings is 1. The molecule has 0 bridgehead atoms. The Morgan fingerprint density at radius 2 is 2.17 bits per heavy atom. The van der Waals surface area contributed by atoms with Crippen LogP contribution in [-0.4, -0.2) is 25.3 Å². The summed E-state index contributed by atoms with van der Waals surface area (Å²) in [6.45, 7) is 2.72. The summed E-state index contributed by atoms with van der Waals surface area (Å²) in [5.74, 6) is 0.230. The maximum atomic E-state index is 13.0. The van der Waals surface area contributed by atoms with E-state index in [1.165, 1.54) is 0 Å². The zero-order chi connectivity index (χ0) is 16.5. The molecule has 0 saturated heterocycles. The summed E-state index contributed by atoms with van der Waals surface area (Å²) in [5, 5.41) is 0.936. The van der Waals surface area contributed by atoms with Gasteiger partial charge in [-0.15, -0.1) is 0 Å². The molecular formula is C19H16N4O. The molecule has 118 valence electrons. The monoisotopic (exact) mass is 316 g/mol. The normalized spacial score (nSPS) is 11.7. The topological polar surface area (TPSA) is 63.6 Å². The van der Waals surface area contributed by atoms with E-state index in [0.717, 1.165) is 28.5 Å². The van der Waals surface area contributed by atoms with Gasteiger partial charge in [0.2, 0.25) is 5.78 Å². The Morgan fingerprint density at radius 1 is 1.29 bits per heavy atom. The number of aromatic amines is 1. The Balaban J connectivity index is 1.84. The van der Waals surface area contributed by atoms with Gasteiger partial charge in [0.15, 0.2) is 5.82 Å². The molecule has 3 heterocycles. The summed E-state index contributed by atoms with van der Waals surface area (Å²) in [6.07, 6.45) is 9.31. The van der Waals surface area contributed by atoms with E-state index in [9.17, 15) is 4.79 Å². The van der Waals surface area contributed by atoms with Crippen LogP contribution < -0.4 is 0 Å². The highest BCUT2D eigenvalue weighted by molar-refractivity contribution is 6.15. The van der Waals surface area contributed by atoms with Gasteiger partial charge in [-0.3, -0.25) is 9.78 Å². The number of H-pyrrole nitrogens is 1. The van der Waals surface area contributed by atoms with E-state index in [0.29, 0.717) is 11.4 Å². The van der Waals surface area contributed by atoms with Gasteiger partial charge in [0, 0.05) is 29.8 Å². The number of benzene rings is 1. The predicted octanol–water partition coefficient (Wildman–Crippen LogP) is 3.72. The summed E-state index contributed by atoms with van der Waals surface area (Å²) in [6, 6.07) is 9.71. The summed E-state index contributed by atoms with van der Waals surface area (Å²) in [5.41, 5.74) is 3.20. The second kappa shape index (κ2) is 5.77. The molecule has 0 atom stereocenters. The second-order valence-electron chi connectivity index (χ2n) is 5.59. The van der Waals surface area contributed by atoms with Crippen molar-refractivity contribution in [3.05, 3.63) is 72.5 Å². The first-order valence-corrected chi connectivity index (χ1v) is 7.81. The van der Waals surface area contributed by atoms with Gasteiger partial charge in [-0.05, 0) is 19.1 Å². The third-order valence-corrected chi connectivity index (χ3v) is 4.07. The molecule has 0 fully saturated rings. The van der Waals surface area contributed by atoms with Crippen LogP contribution in [0.15, 0.2) is 61.1 Å². The highest BCUT2D eigenvalue weighted by Crippen LogP contribution is 2.24. The van der Waals surface area contributed by atoms with E-state index >= 15 is 0 Å². The molecular weight excluding hydrogens is 300 g/mol. The van der Waals surface area contributed by atoms with Gasteiger partial charge in [0.1, 0.15) is 0 Å². The van der Waals surface area contributed by atoms with Crippen LogP contribution in [0.2, 0.25) is 0 Å². The van der Waals surface area contributed by atoms with Crippen molar-refractivity contribution in [2.75, 3.05) is 0 Å². The van der Waals surface area contributed by atoms with Gasteiger partial charge >= 0.3 is 0 Å². The number of carbonyl (C=O) groups excluding carboxylic acids is 1. The molecule has 5 nitrogen and oxygen atoms in total. The van der Waals surface area contributed by atoms with Crippen molar-refractivity contribution in [2.45, 2.75) is 13.5 Å². The number of allylic oxidation sites excluding steroid dienone is 2. The van der Waals surface area contributed by atoms with Crippen molar-refractivity contribution in [1.82, 2.24) is 19.5 Å². The van der Waals surface area contributed by atoms with Crippen molar-refractivity contribution < 1.29 is 4.79 Å². The molecule has 3 aromatic heterocycles. The highest BCUT2D eigenvalue weighted by Gasteiger charge is 2.19. The molecule has 0 aliphatic heterocycles. The van der Waals surface area contributed by atoms with E-state index in [2.05, 4.69) is 25.6 Å². The highest BCUT2D eigenvalue weighted by atomic mass is 16.1. The molecule has 0 radical (unpaired) electrons. The maximum absolute atomic E-state index is 13.0. The Bertz CT molecular complexity index is 1040. The second-order valence-corrected chi connectivity index (χ2v) is 5.59. The summed E-state index contributed by atoms with van der Waals surface area (Å²) < 4.78 is 2.08. The molecule has 0 saturated carbocycles. The van der Waals surface area contributed by atoms with E-state index in [1.54, 1.807) is 18.5 Å². The molecule has 1 aromatic carbocycles. The Morgan fingerprint density at radius 3 is 3.00 bits per heavy atom. The minimum Gasteiger partial charge on any atom is -0.343 e. The largest absolute Gasteiger partial charge is 0.343 e. The molecule has 24 heavy (non-hydrogen) atoms. The Hall–Kier alpha value is -3.21. The van der Waals surface area contributed by atoms with Crippen molar-refractivity contribution in [3.63, 3.8) is 0 Å². The van der Waals surface area contributed by atoms with E-state index in [-0.39, 0.29) is 5.78 Å². The molecule has 0 aliphatic rings. The first-order valence-electron chi connectivity index (χ1n) is 7.81. The Labute approximate surface area is 138 Å². The number of fused-ring (bicyclic) bond motifs is 2. The smallest absolute Gasteiger partial charge is 0.230 e. The number of para-hydroxylation sites is 1. The third kappa shape index (κ3) is 2.31. The molecule has 4 rings (SSSR count). The van der Waals surface area contributed by atoms with E-state index in [1.807, 2.05) is 43.5 Å². The lowest BCUT2D eigenvalue weighted by Crippen LogP contribution is -2.03. The average Bonchev–Trinajstić information content (AvgIpc) is 3.21. The average molecular weight is 316 g/mol. The number of hydrogen-bond donors (Lipinski definition) is 1. The van der Waals surface area contributed by atoms with Gasteiger partial charge in [-0.1, -0.05) is 30.4 Å². The number of rotatable bonds is 4. The summed E-state index contributed by atoms with van der Waals surface area (Å²) in [4.78, 5) is 24.5. The maximum Gasteiger partial charge on any atom is 0.230 e. The molecule has 0 aliphatic carbocycles. The number of ketones is 1. The van der Waals surface area contributed by atoms with Gasteiger partial charge in [-0.25, -0.2) is 4.98 Å². The van der Waals surface area contributed by atoms with Crippen LogP contribution in [0.5, 0.6) is 0 Å². The Kier molecular flexibility index (Phi) is 3.46. The number of aromatic nitrogens is 4. The molecule has 0 amide bonds. The van der Waals surface area contributed by atoms with E-state index in [4.69, 9.17) is 0 Å². The minimum atomic E-state index is -0.110. The van der Waals surface area contributed by atoms with Crippen LogP contribution in [0.1, 0.15) is 23.1 Å². The minimum absolute atomic E-state index is 0.110. The zero-order valence-corrected chi connectivity index (χ0v) is 13.2. The SMILES string of the molecule is C/C=C/Cn1cc(C(=O)c2nc3ccncc3[nH]2)c2ccccc21. The molecule has 4 aromatic rings. The zero-order valence-electron chi connectivity index (χ0n) is 13.2. The van der Waals surface area contributed by atoms with Gasteiger partial charge in [-0.2, -0.15) is 0 Å². The fourth-order valence-corrected chi connectivity index (χ4v) is 2.89. The van der Waals surface area contributed by atoms with Gasteiger partial charge in [0.25, 0.3) is 0 Å². The summed E-state index contributed by atoms with van der Waals surface area (Å²) >= 11 is 0. The van der Waals surface area contributed by atoms with Crippen LogP contribution in [0.4, 0.5) is 0 Å². The van der Waals surface area contributed by atoms with Gasteiger partial charge in [0.05, 0.1) is 22.8 Å². The van der Waals surface area contributed by atoms with Crippen molar-refractivity contribution in [2.24, 2.45) is 0 Å². The van der Waals surface area contributed by atoms with Crippen LogP contribution in [0, 0.1) is 0 Å². The van der Waals surface area contributed by atoms with Crippen LogP contribution in [0.3, 0.4) is 0 Å². The third-order valence-electron chi connectivity index (χ3n) is 4.07. The van der Waals surface area contributed by atoms with Crippen molar-refractivity contribution >= 4 is 27.7 Å². The number of carbonyl (C=O) groups is 1. The number of nitrogens with zero attached hydrogens (tertiary/aromatic N) is 3. The van der Waals surface area contributed by atoms with Crippen LogP contribution in [0.25, 0.3) is 21.9 Å². The van der Waals surface area contributed by atoms with Crippen LogP contribution >= 0.6 is 0 Å². The number of nitrogens with one attached hydrogen (secondary N) is 1. The van der Waals surface area contributed by atoms with Crippen LogP contribution in [-0.2, 0) is 6.54 Å². The first-order chi connectivity index (χ1) is 11.8. The number of pyridine rings is 1. The van der Waals surface area contributed by atoms with Gasteiger partial charge < -0.3 is 9.55 Å². The first kappa shape index (κ1) is 14.4. The quantitative estimate of drug-likeness (QED) is 0.461. The van der Waals surface area contributed by atoms with Crippen molar-refractivity contribution in [1.29, 1.82) is 0 Å². The fraction of sp³-hybridized carbons (Fsp3) is 0.105. The van der Waals surface area contributed by atoms with Crippen molar-refractivity contribution in [3.8, 4) is 0 Å². The lowest BCUT2D eigenvalue weighted by molar-refractivity contribution is 0.103.